The molecule has 0 fully saturated rings. The largest absolute Gasteiger partial charge is 0.466 e. The van der Waals surface area contributed by atoms with Gasteiger partial charge in [-0.3, -0.25) is 4.79 Å². The maximum absolute atomic E-state index is 12.6. The number of methoxy groups -OCH3 is 1. The molecule has 0 spiro atoms. The van der Waals surface area contributed by atoms with Gasteiger partial charge in [-0.05, 0) is 23.5 Å². The number of esters is 1. The minimum absolute atomic E-state index is 0.0430. The average Bonchev–Trinajstić information content (AvgIpc) is 3.13. The highest BCUT2D eigenvalue weighted by molar-refractivity contribution is 7.16. The number of hydrogen-bond acceptors (Lipinski definition) is 7. The van der Waals surface area contributed by atoms with Gasteiger partial charge in [0.25, 0.3) is 0 Å². The van der Waals surface area contributed by atoms with Crippen LogP contribution in [0.5, 0.6) is 0 Å². The molecule has 1 unspecified atom stereocenters. The summed E-state index contributed by atoms with van der Waals surface area (Å²) in [5.41, 5.74) is 2.36. The number of rotatable bonds is 6. The minimum Gasteiger partial charge on any atom is -0.466 e. The number of fused-ring (bicyclic) bond motifs is 1. The Morgan fingerprint density at radius 2 is 2.03 bits per heavy atom. The van der Waals surface area contributed by atoms with E-state index in [0.29, 0.717) is 30.0 Å². The summed E-state index contributed by atoms with van der Waals surface area (Å²) < 4.78 is 9.41. The predicted octanol–water partition coefficient (Wildman–Crippen LogP) is 3.42. The normalized spacial score (nSPS) is 13.5. The molecule has 0 aliphatic carbocycles. The molecule has 1 atom stereocenters. The number of nitriles is 1. The van der Waals surface area contributed by atoms with Gasteiger partial charge in [0.1, 0.15) is 11.1 Å². The molecule has 2 heterocycles. The molecule has 31 heavy (non-hydrogen) atoms. The van der Waals surface area contributed by atoms with Crippen molar-refractivity contribution in [2.45, 2.75) is 32.2 Å². The monoisotopic (exact) mass is 441 g/mol. The van der Waals surface area contributed by atoms with Crippen molar-refractivity contribution in [3.8, 4) is 6.07 Å². The smallest absolute Gasteiger partial charge is 0.410 e. The summed E-state index contributed by atoms with van der Waals surface area (Å²) in [5.74, 6) is -0.758. The summed E-state index contributed by atoms with van der Waals surface area (Å²) in [4.78, 5) is 38.2. The van der Waals surface area contributed by atoms with Crippen LogP contribution in [0.2, 0.25) is 0 Å². The lowest BCUT2D eigenvalue weighted by Crippen LogP contribution is -2.36. The standard InChI is InChI=1S/C22H23N3O5S/c1-14(15-6-4-3-5-7-15)10-19(26)24-21-17(11-23)16-8-9-25(12-18(16)31-21)22(28)30-13-20(27)29-2/h3-7,14H,8-10,12-13H2,1-2H3,(H,24,26). The number of thiophene rings is 1. The number of amides is 2. The number of hydrogen-bond donors (Lipinski definition) is 1. The average molecular weight is 442 g/mol. The number of carbonyl (C=O) groups excluding carboxylic acids is 3. The Bertz CT molecular complexity index is 1010. The first-order valence-corrected chi connectivity index (χ1v) is 10.6. The Labute approximate surface area is 184 Å². The summed E-state index contributed by atoms with van der Waals surface area (Å²) in [6, 6.07) is 12.0. The van der Waals surface area contributed by atoms with Crippen molar-refractivity contribution in [3.63, 3.8) is 0 Å². The van der Waals surface area contributed by atoms with Crippen LogP contribution in [-0.4, -0.2) is 43.1 Å². The van der Waals surface area contributed by atoms with Crippen LogP contribution in [0.15, 0.2) is 30.3 Å². The SMILES string of the molecule is COC(=O)COC(=O)N1CCc2c(sc(NC(=O)CC(C)c3ccccc3)c2C#N)C1. The van der Waals surface area contributed by atoms with Crippen LogP contribution in [0.1, 0.15) is 40.8 Å². The molecule has 0 radical (unpaired) electrons. The summed E-state index contributed by atoms with van der Waals surface area (Å²) in [5, 5.41) is 13.0. The maximum atomic E-state index is 12.6. The lowest BCUT2D eigenvalue weighted by molar-refractivity contribution is -0.144. The summed E-state index contributed by atoms with van der Waals surface area (Å²) >= 11 is 1.29. The molecule has 162 valence electrons. The summed E-state index contributed by atoms with van der Waals surface area (Å²) in [6.45, 7) is 2.15. The fraction of sp³-hybridized carbons (Fsp3) is 0.364. The van der Waals surface area contributed by atoms with E-state index in [1.807, 2.05) is 37.3 Å². The first kappa shape index (κ1) is 22.3. The molecule has 1 aliphatic heterocycles. The molecule has 3 rings (SSSR count). The molecular weight excluding hydrogens is 418 g/mol. The van der Waals surface area contributed by atoms with E-state index in [9.17, 15) is 19.6 Å². The fourth-order valence-electron chi connectivity index (χ4n) is 3.39. The molecule has 1 aromatic heterocycles. The first-order valence-electron chi connectivity index (χ1n) is 9.80. The zero-order chi connectivity index (χ0) is 22.4. The molecular formula is C22H23N3O5S. The van der Waals surface area contributed by atoms with Crippen molar-refractivity contribution >= 4 is 34.3 Å². The van der Waals surface area contributed by atoms with Crippen LogP contribution in [0.3, 0.4) is 0 Å². The number of anilines is 1. The molecule has 9 heteroatoms. The highest BCUT2D eigenvalue weighted by Gasteiger charge is 2.28. The number of nitrogens with one attached hydrogen (secondary N) is 1. The third-order valence-electron chi connectivity index (χ3n) is 5.08. The van der Waals surface area contributed by atoms with E-state index < -0.39 is 18.7 Å². The predicted molar refractivity (Wildman–Crippen MR) is 115 cm³/mol. The van der Waals surface area contributed by atoms with Crippen molar-refractivity contribution in [2.75, 3.05) is 25.6 Å². The van der Waals surface area contributed by atoms with Gasteiger partial charge in [0.2, 0.25) is 5.91 Å². The molecule has 2 aromatic rings. The van der Waals surface area contributed by atoms with Gasteiger partial charge >= 0.3 is 12.1 Å². The molecule has 0 bridgehead atoms. The van der Waals surface area contributed by atoms with Crippen molar-refractivity contribution in [1.29, 1.82) is 5.26 Å². The second-order valence-corrected chi connectivity index (χ2v) is 8.29. The van der Waals surface area contributed by atoms with Gasteiger partial charge in [-0.15, -0.1) is 11.3 Å². The quantitative estimate of drug-likeness (QED) is 0.688. The second kappa shape index (κ2) is 10.1. The first-order chi connectivity index (χ1) is 14.9. The van der Waals surface area contributed by atoms with E-state index >= 15 is 0 Å². The molecule has 8 nitrogen and oxygen atoms in total. The van der Waals surface area contributed by atoms with Gasteiger partial charge in [0.05, 0.1) is 19.2 Å². The molecule has 2 amide bonds. The van der Waals surface area contributed by atoms with Crippen LogP contribution < -0.4 is 5.32 Å². The Balaban J connectivity index is 1.66. The molecule has 0 saturated carbocycles. The Morgan fingerprint density at radius 1 is 1.29 bits per heavy atom. The Kier molecular flexibility index (Phi) is 7.26. The zero-order valence-corrected chi connectivity index (χ0v) is 18.2. The van der Waals surface area contributed by atoms with Crippen LogP contribution >= 0.6 is 11.3 Å². The van der Waals surface area contributed by atoms with E-state index in [1.165, 1.54) is 23.3 Å². The van der Waals surface area contributed by atoms with Gasteiger partial charge < -0.3 is 19.7 Å². The molecule has 0 saturated heterocycles. The summed E-state index contributed by atoms with van der Waals surface area (Å²) in [6.07, 6.45) is 0.145. The molecule has 1 aromatic carbocycles. The lowest BCUT2D eigenvalue weighted by Gasteiger charge is -2.25. The van der Waals surface area contributed by atoms with Crippen LogP contribution in [0, 0.1) is 11.3 Å². The molecule has 1 N–H and O–H groups in total. The van der Waals surface area contributed by atoms with Crippen molar-refractivity contribution in [1.82, 2.24) is 4.90 Å². The van der Waals surface area contributed by atoms with Gasteiger partial charge in [-0.2, -0.15) is 5.26 Å². The van der Waals surface area contributed by atoms with Crippen LogP contribution in [0.25, 0.3) is 0 Å². The van der Waals surface area contributed by atoms with Gasteiger partial charge in [0, 0.05) is 17.8 Å². The number of ether oxygens (including phenoxy) is 2. The number of nitrogens with zero attached hydrogens (tertiary/aromatic N) is 2. The van der Waals surface area contributed by atoms with E-state index in [0.717, 1.165) is 16.0 Å². The lowest BCUT2D eigenvalue weighted by atomic mass is 9.97. The van der Waals surface area contributed by atoms with E-state index in [4.69, 9.17) is 4.74 Å². The second-order valence-electron chi connectivity index (χ2n) is 7.19. The van der Waals surface area contributed by atoms with E-state index in [-0.39, 0.29) is 18.4 Å². The highest BCUT2D eigenvalue weighted by atomic mass is 32.1. The van der Waals surface area contributed by atoms with Crippen molar-refractivity contribution < 1.29 is 23.9 Å². The van der Waals surface area contributed by atoms with E-state index in [1.54, 1.807) is 0 Å². The topological polar surface area (TPSA) is 109 Å². The fourth-order valence-corrected chi connectivity index (χ4v) is 4.62. The van der Waals surface area contributed by atoms with Gasteiger partial charge in [-0.25, -0.2) is 9.59 Å². The number of benzene rings is 1. The minimum atomic E-state index is -0.635. The van der Waals surface area contributed by atoms with Gasteiger partial charge in [-0.1, -0.05) is 37.3 Å². The van der Waals surface area contributed by atoms with Crippen LogP contribution in [0.4, 0.5) is 9.80 Å². The van der Waals surface area contributed by atoms with Crippen LogP contribution in [-0.2, 0) is 32.0 Å². The third kappa shape index (κ3) is 5.41. The highest BCUT2D eigenvalue weighted by Crippen LogP contribution is 2.37. The van der Waals surface area contributed by atoms with Crippen molar-refractivity contribution in [2.24, 2.45) is 0 Å². The third-order valence-corrected chi connectivity index (χ3v) is 6.21. The van der Waals surface area contributed by atoms with Gasteiger partial charge in [0.15, 0.2) is 6.61 Å². The summed E-state index contributed by atoms with van der Waals surface area (Å²) in [7, 11) is 1.22. The van der Waals surface area contributed by atoms with E-state index in [2.05, 4.69) is 16.1 Å². The zero-order valence-electron chi connectivity index (χ0n) is 17.3. The Hall–Kier alpha value is -3.38. The van der Waals surface area contributed by atoms with Crippen molar-refractivity contribution in [3.05, 3.63) is 51.9 Å². The Morgan fingerprint density at radius 3 is 2.71 bits per heavy atom. The number of carbonyl (C=O) groups is 3. The maximum Gasteiger partial charge on any atom is 0.410 e. The molecule has 1 aliphatic rings.